The Morgan fingerprint density at radius 3 is 2.71 bits per heavy atom. The number of nitrogens with zero attached hydrogens (tertiary/aromatic N) is 3. The molecule has 3 nitrogen and oxygen atoms in total. The van der Waals surface area contributed by atoms with E-state index in [1.807, 2.05) is 22.6 Å². The van der Waals surface area contributed by atoms with Crippen LogP contribution in [0.25, 0.3) is 10.9 Å². The van der Waals surface area contributed by atoms with Crippen LogP contribution in [0.2, 0.25) is 0 Å². The van der Waals surface area contributed by atoms with E-state index in [1.165, 1.54) is 18.7 Å². The van der Waals surface area contributed by atoms with Crippen LogP contribution in [-0.4, -0.2) is 15.0 Å². The molecular weight excluding hydrogens is 303 g/mol. The van der Waals surface area contributed by atoms with Gasteiger partial charge in [0.1, 0.15) is 12.0 Å². The molecule has 2 rings (SSSR count). The molecule has 0 aliphatic rings. The summed E-state index contributed by atoms with van der Waals surface area (Å²) in [6, 6.07) is 0. The number of alkyl halides is 2. The smallest absolute Gasteiger partial charge is 0.253 e. The standard InChI is InChI=1S/C8H4F2IN3/c9-8(10)7-4-1-12-3-14-6(4)5(11)2-13-7/h1-3,8H. The van der Waals surface area contributed by atoms with Crippen molar-refractivity contribution >= 4 is 33.5 Å². The van der Waals surface area contributed by atoms with Gasteiger partial charge >= 0.3 is 0 Å². The monoisotopic (exact) mass is 307 g/mol. The molecule has 2 aromatic rings. The summed E-state index contributed by atoms with van der Waals surface area (Å²) < 4.78 is 25.8. The molecule has 0 saturated carbocycles. The van der Waals surface area contributed by atoms with Gasteiger partial charge in [-0.25, -0.2) is 18.7 Å². The van der Waals surface area contributed by atoms with E-state index in [0.717, 1.165) is 3.57 Å². The lowest BCUT2D eigenvalue weighted by Gasteiger charge is -2.04. The van der Waals surface area contributed by atoms with Gasteiger partial charge in [-0.3, -0.25) is 4.98 Å². The molecule has 72 valence electrons. The molecule has 0 saturated heterocycles. The molecule has 14 heavy (non-hydrogen) atoms. The van der Waals surface area contributed by atoms with Gasteiger partial charge in [0.25, 0.3) is 6.43 Å². The summed E-state index contributed by atoms with van der Waals surface area (Å²) >= 11 is 2.00. The van der Waals surface area contributed by atoms with Crippen LogP contribution >= 0.6 is 22.6 Å². The zero-order chi connectivity index (χ0) is 10.1. The van der Waals surface area contributed by atoms with Crippen molar-refractivity contribution in [1.29, 1.82) is 0 Å². The van der Waals surface area contributed by atoms with E-state index in [-0.39, 0.29) is 5.69 Å². The van der Waals surface area contributed by atoms with Crippen molar-refractivity contribution in [3.05, 3.63) is 28.0 Å². The number of fused-ring (bicyclic) bond motifs is 1. The highest BCUT2D eigenvalue weighted by Gasteiger charge is 2.15. The van der Waals surface area contributed by atoms with Crippen LogP contribution in [-0.2, 0) is 0 Å². The number of hydrogen-bond donors (Lipinski definition) is 0. The Labute approximate surface area is 91.7 Å². The van der Waals surface area contributed by atoms with Gasteiger partial charge in [-0.1, -0.05) is 0 Å². The first kappa shape index (κ1) is 9.63. The van der Waals surface area contributed by atoms with Crippen molar-refractivity contribution in [3.63, 3.8) is 0 Å². The summed E-state index contributed by atoms with van der Waals surface area (Å²) in [6.07, 6.45) is 1.48. The first-order valence-corrected chi connectivity index (χ1v) is 4.80. The maximum atomic E-state index is 12.5. The summed E-state index contributed by atoms with van der Waals surface area (Å²) in [5, 5.41) is 0.314. The van der Waals surface area contributed by atoms with Crippen LogP contribution in [0.1, 0.15) is 12.1 Å². The first-order chi connectivity index (χ1) is 6.70. The zero-order valence-electron chi connectivity index (χ0n) is 6.78. The van der Waals surface area contributed by atoms with Crippen molar-refractivity contribution in [1.82, 2.24) is 15.0 Å². The molecule has 0 fully saturated rings. The van der Waals surface area contributed by atoms with Gasteiger partial charge < -0.3 is 0 Å². The van der Waals surface area contributed by atoms with Gasteiger partial charge in [0, 0.05) is 17.8 Å². The van der Waals surface area contributed by atoms with E-state index in [2.05, 4.69) is 15.0 Å². The molecule has 0 spiro atoms. The lowest BCUT2D eigenvalue weighted by Crippen LogP contribution is -1.95. The molecule has 0 aliphatic carbocycles. The number of halogens is 3. The van der Waals surface area contributed by atoms with Crippen molar-refractivity contribution < 1.29 is 8.78 Å². The van der Waals surface area contributed by atoms with Crippen LogP contribution in [0.15, 0.2) is 18.7 Å². The molecule has 0 N–H and O–H groups in total. The normalized spacial score (nSPS) is 11.1. The van der Waals surface area contributed by atoms with Gasteiger partial charge in [0.05, 0.1) is 9.09 Å². The number of aromatic nitrogens is 3. The highest BCUT2D eigenvalue weighted by Crippen LogP contribution is 2.26. The number of pyridine rings is 1. The number of rotatable bonds is 1. The average molecular weight is 307 g/mol. The minimum Gasteiger partial charge on any atom is -0.253 e. The molecule has 0 amide bonds. The van der Waals surface area contributed by atoms with E-state index >= 15 is 0 Å². The molecule has 2 heterocycles. The fourth-order valence-electron chi connectivity index (χ4n) is 1.14. The quantitative estimate of drug-likeness (QED) is 0.760. The minimum absolute atomic E-state index is 0.263. The van der Waals surface area contributed by atoms with Gasteiger partial charge in [-0.2, -0.15) is 0 Å². The van der Waals surface area contributed by atoms with Crippen LogP contribution < -0.4 is 0 Å². The van der Waals surface area contributed by atoms with Crippen LogP contribution in [0.3, 0.4) is 0 Å². The maximum absolute atomic E-state index is 12.5. The summed E-state index contributed by atoms with van der Waals surface area (Å²) in [7, 11) is 0. The number of hydrogen-bond acceptors (Lipinski definition) is 3. The SMILES string of the molecule is FC(F)c1ncc(I)c2ncncc12. The molecule has 0 aromatic carbocycles. The fourth-order valence-corrected chi connectivity index (χ4v) is 1.71. The Morgan fingerprint density at radius 1 is 1.21 bits per heavy atom. The second-order valence-electron chi connectivity index (χ2n) is 2.58. The minimum atomic E-state index is -2.60. The Kier molecular flexibility index (Phi) is 2.53. The average Bonchev–Trinajstić information content (AvgIpc) is 2.18. The summed E-state index contributed by atoms with van der Waals surface area (Å²) in [5.41, 5.74) is 0.256. The second-order valence-corrected chi connectivity index (χ2v) is 3.74. The van der Waals surface area contributed by atoms with E-state index in [0.29, 0.717) is 10.9 Å². The van der Waals surface area contributed by atoms with Gasteiger partial charge in [-0.05, 0) is 22.6 Å². The van der Waals surface area contributed by atoms with Crippen molar-refractivity contribution in [2.75, 3.05) is 0 Å². The molecular formula is C8H4F2IN3. The van der Waals surface area contributed by atoms with Crippen LogP contribution in [0, 0.1) is 3.57 Å². The third-order valence-corrected chi connectivity index (χ3v) is 2.53. The van der Waals surface area contributed by atoms with Crippen LogP contribution in [0.4, 0.5) is 8.78 Å². The topological polar surface area (TPSA) is 38.7 Å². The van der Waals surface area contributed by atoms with Gasteiger partial charge in [0.15, 0.2) is 0 Å². The van der Waals surface area contributed by atoms with E-state index in [9.17, 15) is 8.78 Å². The Balaban J connectivity index is 2.82. The molecule has 0 radical (unpaired) electrons. The molecule has 2 aromatic heterocycles. The van der Waals surface area contributed by atoms with Gasteiger partial charge in [-0.15, -0.1) is 0 Å². The fraction of sp³-hybridized carbons (Fsp3) is 0.125. The van der Waals surface area contributed by atoms with Crippen LogP contribution in [0.5, 0.6) is 0 Å². The third kappa shape index (κ3) is 1.54. The van der Waals surface area contributed by atoms with Crippen molar-refractivity contribution in [3.8, 4) is 0 Å². The van der Waals surface area contributed by atoms with Gasteiger partial charge in [0.2, 0.25) is 0 Å². The van der Waals surface area contributed by atoms with E-state index in [1.54, 1.807) is 0 Å². The largest absolute Gasteiger partial charge is 0.281 e. The summed E-state index contributed by atoms with van der Waals surface area (Å²) in [4.78, 5) is 11.3. The predicted molar refractivity (Wildman–Crippen MR) is 55.0 cm³/mol. The van der Waals surface area contributed by atoms with E-state index in [4.69, 9.17) is 0 Å². The second kappa shape index (κ2) is 3.68. The molecule has 6 heteroatoms. The maximum Gasteiger partial charge on any atom is 0.281 e. The highest BCUT2D eigenvalue weighted by molar-refractivity contribution is 14.1. The van der Waals surface area contributed by atoms with E-state index < -0.39 is 6.43 Å². The Bertz CT molecular complexity index is 475. The summed E-state index contributed by atoms with van der Waals surface area (Å²) in [5.74, 6) is 0. The van der Waals surface area contributed by atoms with Crippen molar-refractivity contribution in [2.45, 2.75) is 6.43 Å². The van der Waals surface area contributed by atoms with Crippen molar-refractivity contribution in [2.24, 2.45) is 0 Å². The molecule has 0 atom stereocenters. The zero-order valence-corrected chi connectivity index (χ0v) is 8.94. The first-order valence-electron chi connectivity index (χ1n) is 3.72. The third-order valence-electron chi connectivity index (χ3n) is 1.74. The Hall–Kier alpha value is -0.920. The lowest BCUT2D eigenvalue weighted by molar-refractivity contribution is 0.148. The molecule has 0 bridgehead atoms. The Morgan fingerprint density at radius 2 is 2.00 bits per heavy atom. The molecule has 0 unspecified atom stereocenters. The predicted octanol–water partition coefficient (Wildman–Crippen LogP) is 2.57. The summed E-state index contributed by atoms with van der Waals surface area (Å²) in [6.45, 7) is 0. The molecule has 0 aliphatic heterocycles. The highest BCUT2D eigenvalue weighted by atomic mass is 127. The lowest BCUT2D eigenvalue weighted by atomic mass is 10.2.